The van der Waals surface area contributed by atoms with E-state index in [0.717, 1.165) is 48.9 Å². The highest BCUT2D eigenvalue weighted by Crippen LogP contribution is 2.22. The Morgan fingerprint density at radius 2 is 1.97 bits per heavy atom. The molecule has 156 valence electrons. The van der Waals surface area contributed by atoms with E-state index in [0.29, 0.717) is 12.1 Å². The summed E-state index contributed by atoms with van der Waals surface area (Å²) < 4.78 is 6.14. The zero-order valence-corrected chi connectivity index (χ0v) is 17.9. The second-order valence-electron chi connectivity index (χ2n) is 7.47. The van der Waals surface area contributed by atoms with Crippen molar-refractivity contribution in [2.24, 2.45) is 0 Å². The van der Waals surface area contributed by atoms with Gasteiger partial charge >= 0.3 is 0 Å². The zero-order valence-electron chi connectivity index (χ0n) is 17.1. The first-order chi connectivity index (χ1) is 14.7. The number of thiazole rings is 1. The molecule has 7 heteroatoms. The maximum absolute atomic E-state index is 12.3. The van der Waals surface area contributed by atoms with Gasteiger partial charge in [0.2, 0.25) is 0 Å². The van der Waals surface area contributed by atoms with Gasteiger partial charge in [0.15, 0.2) is 0 Å². The first-order valence-electron chi connectivity index (χ1n) is 10.2. The molecule has 0 bridgehead atoms. The van der Waals surface area contributed by atoms with Crippen molar-refractivity contribution < 1.29 is 9.53 Å². The molecule has 0 radical (unpaired) electrons. The fraction of sp³-hybridized carbons (Fsp3) is 0.348. The number of piperidine rings is 1. The van der Waals surface area contributed by atoms with Crippen molar-refractivity contribution in [3.05, 3.63) is 76.0 Å². The van der Waals surface area contributed by atoms with Crippen molar-refractivity contribution in [2.75, 3.05) is 13.1 Å². The van der Waals surface area contributed by atoms with E-state index in [1.807, 2.05) is 55.6 Å². The summed E-state index contributed by atoms with van der Waals surface area (Å²) in [6, 6.07) is 13.0. The van der Waals surface area contributed by atoms with Gasteiger partial charge in [-0.3, -0.25) is 14.7 Å². The van der Waals surface area contributed by atoms with Crippen molar-refractivity contribution in [2.45, 2.75) is 39.0 Å². The Labute approximate surface area is 180 Å². The van der Waals surface area contributed by atoms with Crippen LogP contribution < -0.4 is 10.1 Å². The van der Waals surface area contributed by atoms with Gasteiger partial charge in [-0.2, -0.15) is 0 Å². The Kier molecular flexibility index (Phi) is 6.71. The molecule has 6 nitrogen and oxygen atoms in total. The van der Waals surface area contributed by atoms with Crippen molar-refractivity contribution in [3.63, 3.8) is 0 Å². The lowest BCUT2D eigenvalue weighted by atomic mass is 10.1. The van der Waals surface area contributed by atoms with Crippen LogP contribution in [0, 0.1) is 6.92 Å². The molecule has 3 aromatic rings. The lowest BCUT2D eigenvalue weighted by molar-refractivity contribution is 0.0948. The Hall–Kier alpha value is -2.77. The largest absolute Gasteiger partial charge is 0.490 e. The van der Waals surface area contributed by atoms with Crippen LogP contribution in [0.2, 0.25) is 0 Å². The number of likely N-dealkylation sites (tertiary alicyclic amines) is 1. The van der Waals surface area contributed by atoms with Crippen LogP contribution in [0.15, 0.2) is 54.9 Å². The number of ether oxygens (including phenoxy) is 1. The van der Waals surface area contributed by atoms with Gasteiger partial charge in [0.1, 0.15) is 11.9 Å². The second-order valence-corrected chi connectivity index (χ2v) is 8.79. The lowest BCUT2D eigenvalue weighted by Gasteiger charge is -2.31. The van der Waals surface area contributed by atoms with Crippen LogP contribution in [-0.2, 0) is 13.1 Å². The number of nitrogens with zero attached hydrogens (tertiary/aromatic N) is 3. The highest BCUT2D eigenvalue weighted by Gasteiger charge is 2.21. The van der Waals surface area contributed by atoms with Crippen molar-refractivity contribution in [1.82, 2.24) is 20.2 Å². The summed E-state index contributed by atoms with van der Waals surface area (Å²) >= 11 is 1.77. The van der Waals surface area contributed by atoms with E-state index in [2.05, 4.69) is 20.2 Å². The highest BCUT2D eigenvalue weighted by molar-refractivity contribution is 7.11. The summed E-state index contributed by atoms with van der Waals surface area (Å²) in [6.45, 7) is 5.48. The van der Waals surface area contributed by atoms with Crippen molar-refractivity contribution in [3.8, 4) is 5.75 Å². The number of carbonyl (C=O) groups excluding carboxylic acids is 1. The summed E-state index contributed by atoms with van der Waals surface area (Å²) in [5.74, 6) is 0.701. The lowest BCUT2D eigenvalue weighted by Crippen LogP contribution is -2.37. The smallest absolute Gasteiger partial charge is 0.251 e. The number of aromatic nitrogens is 2. The fourth-order valence-corrected chi connectivity index (χ4v) is 4.37. The molecule has 4 rings (SSSR count). The Morgan fingerprint density at radius 3 is 2.63 bits per heavy atom. The standard InChI is InChI=1S/C23H26N4O2S/c1-17-25-15-22(30-17)16-27-12-9-21(10-13-27)29-20-7-5-18(6-8-20)23(28)26-14-19-4-2-3-11-24-19/h2-8,11,15,21H,9-10,12-14,16H2,1H3,(H,26,28). The third kappa shape index (κ3) is 5.64. The molecule has 2 aromatic heterocycles. The summed E-state index contributed by atoms with van der Waals surface area (Å²) in [4.78, 5) is 24.6. The predicted octanol–water partition coefficient (Wildman–Crippen LogP) is 3.82. The number of benzene rings is 1. The third-order valence-corrected chi connectivity index (χ3v) is 6.06. The average Bonchev–Trinajstić information content (AvgIpc) is 3.19. The van der Waals surface area contributed by atoms with E-state index >= 15 is 0 Å². The zero-order chi connectivity index (χ0) is 20.8. The normalized spacial score (nSPS) is 15.1. The van der Waals surface area contributed by atoms with Crippen LogP contribution in [-0.4, -0.2) is 40.0 Å². The second kappa shape index (κ2) is 9.82. The predicted molar refractivity (Wildman–Crippen MR) is 118 cm³/mol. The third-order valence-electron chi connectivity index (χ3n) is 5.16. The van der Waals surface area contributed by atoms with Crippen LogP contribution in [0.25, 0.3) is 0 Å². The van der Waals surface area contributed by atoms with Crippen molar-refractivity contribution in [1.29, 1.82) is 0 Å². The van der Waals surface area contributed by atoms with E-state index in [-0.39, 0.29) is 12.0 Å². The molecule has 0 spiro atoms. The quantitative estimate of drug-likeness (QED) is 0.627. The minimum Gasteiger partial charge on any atom is -0.490 e. The van der Waals surface area contributed by atoms with Gasteiger partial charge in [-0.1, -0.05) is 6.07 Å². The fourth-order valence-electron chi connectivity index (χ4n) is 3.54. The number of aryl methyl sites for hydroxylation is 1. The molecule has 1 aliphatic heterocycles. The topological polar surface area (TPSA) is 67.4 Å². The minimum absolute atomic E-state index is 0.112. The van der Waals surface area contributed by atoms with Gasteiger partial charge in [-0.15, -0.1) is 11.3 Å². The van der Waals surface area contributed by atoms with E-state index in [1.54, 1.807) is 17.5 Å². The molecule has 30 heavy (non-hydrogen) atoms. The molecular formula is C23H26N4O2S. The molecule has 0 atom stereocenters. The Balaban J connectivity index is 1.22. The van der Waals surface area contributed by atoms with Crippen LogP contribution in [0.4, 0.5) is 0 Å². The summed E-state index contributed by atoms with van der Waals surface area (Å²) in [7, 11) is 0. The van der Waals surface area contributed by atoms with E-state index < -0.39 is 0 Å². The summed E-state index contributed by atoms with van der Waals surface area (Å²) in [5.41, 5.74) is 1.45. The molecule has 1 fully saturated rings. The maximum atomic E-state index is 12.3. The monoisotopic (exact) mass is 422 g/mol. The first-order valence-corrected chi connectivity index (χ1v) is 11.1. The van der Waals surface area contributed by atoms with Crippen LogP contribution >= 0.6 is 11.3 Å². The van der Waals surface area contributed by atoms with Crippen LogP contribution in [0.5, 0.6) is 5.75 Å². The van der Waals surface area contributed by atoms with Crippen LogP contribution in [0.1, 0.15) is 38.8 Å². The van der Waals surface area contributed by atoms with Gasteiger partial charge in [-0.05, 0) is 56.2 Å². The molecule has 1 N–H and O–H groups in total. The first kappa shape index (κ1) is 20.5. The SMILES string of the molecule is Cc1ncc(CN2CCC(Oc3ccc(C(=O)NCc4ccccn4)cc3)CC2)s1. The average molecular weight is 423 g/mol. The molecule has 0 unspecified atom stereocenters. The van der Waals surface area contributed by atoms with Gasteiger partial charge in [0, 0.05) is 42.5 Å². The van der Waals surface area contributed by atoms with Crippen molar-refractivity contribution >= 4 is 17.2 Å². The van der Waals surface area contributed by atoms with E-state index in [9.17, 15) is 4.79 Å². The molecular weight excluding hydrogens is 396 g/mol. The number of hydrogen-bond donors (Lipinski definition) is 1. The molecule has 0 saturated carbocycles. The number of amides is 1. The minimum atomic E-state index is -0.112. The molecule has 1 aromatic carbocycles. The molecule has 1 saturated heterocycles. The van der Waals surface area contributed by atoms with E-state index in [4.69, 9.17) is 4.74 Å². The van der Waals surface area contributed by atoms with Gasteiger partial charge in [-0.25, -0.2) is 4.98 Å². The molecule has 1 amide bonds. The molecule has 3 heterocycles. The van der Waals surface area contributed by atoms with E-state index in [1.165, 1.54) is 4.88 Å². The number of hydrogen-bond acceptors (Lipinski definition) is 6. The summed E-state index contributed by atoms with van der Waals surface area (Å²) in [6.07, 6.45) is 5.93. The highest BCUT2D eigenvalue weighted by atomic mass is 32.1. The maximum Gasteiger partial charge on any atom is 0.251 e. The van der Waals surface area contributed by atoms with Gasteiger partial charge in [0.05, 0.1) is 17.2 Å². The Morgan fingerprint density at radius 1 is 1.17 bits per heavy atom. The Bertz CT molecular complexity index is 951. The number of rotatable bonds is 7. The van der Waals surface area contributed by atoms with Gasteiger partial charge in [0.25, 0.3) is 5.91 Å². The molecule has 0 aliphatic carbocycles. The molecule has 1 aliphatic rings. The van der Waals surface area contributed by atoms with Gasteiger partial charge < -0.3 is 10.1 Å². The number of carbonyl (C=O) groups is 1. The van der Waals surface area contributed by atoms with Crippen LogP contribution in [0.3, 0.4) is 0 Å². The summed E-state index contributed by atoms with van der Waals surface area (Å²) in [5, 5.41) is 4.01. The number of pyridine rings is 1. The number of nitrogens with one attached hydrogen (secondary N) is 1.